The quantitative estimate of drug-likeness (QED) is 0.450. The first-order valence-corrected chi connectivity index (χ1v) is 9.30. The Balaban J connectivity index is 2.53. The summed E-state index contributed by atoms with van der Waals surface area (Å²) in [5.41, 5.74) is 1.79. The molecule has 21 heavy (non-hydrogen) atoms. The van der Waals surface area contributed by atoms with Crippen LogP contribution in [-0.2, 0) is 0 Å². The standard InChI is InChI=1S/C15H23NO3S2/c17-7-11-20-9-5-16(6-10-21-12-8-18)15-3-1-14(13-19)2-4-15/h1-4,13,17-18H,5-12H2. The van der Waals surface area contributed by atoms with Crippen molar-refractivity contribution in [3.8, 4) is 0 Å². The lowest BCUT2D eigenvalue weighted by atomic mass is 10.2. The average molecular weight is 329 g/mol. The van der Waals surface area contributed by atoms with Gasteiger partial charge in [-0.1, -0.05) is 0 Å². The van der Waals surface area contributed by atoms with E-state index in [1.807, 2.05) is 24.3 Å². The minimum atomic E-state index is 0.213. The second kappa shape index (κ2) is 11.9. The summed E-state index contributed by atoms with van der Waals surface area (Å²) in [7, 11) is 0. The highest BCUT2D eigenvalue weighted by Crippen LogP contribution is 2.16. The highest BCUT2D eigenvalue weighted by atomic mass is 32.2. The predicted molar refractivity (Wildman–Crippen MR) is 92.9 cm³/mol. The predicted octanol–water partition coefficient (Wildman–Crippen LogP) is 1.76. The van der Waals surface area contributed by atoms with Gasteiger partial charge in [0, 0.05) is 47.4 Å². The molecule has 0 saturated heterocycles. The summed E-state index contributed by atoms with van der Waals surface area (Å²) < 4.78 is 0. The van der Waals surface area contributed by atoms with Crippen LogP contribution in [0.15, 0.2) is 24.3 Å². The molecule has 0 aromatic heterocycles. The van der Waals surface area contributed by atoms with Crippen LogP contribution in [0.25, 0.3) is 0 Å². The number of aliphatic hydroxyl groups is 2. The fraction of sp³-hybridized carbons (Fsp3) is 0.533. The van der Waals surface area contributed by atoms with Crippen LogP contribution in [0.4, 0.5) is 5.69 Å². The zero-order valence-electron chi connectivity index (χ0n) is 12.1. The van der Waals surface area contributed by atoms with Gasteiger partial charge in [-0.05, 0) is 24.3 Å². The number of carbonyl (C=O) groups is 1. The Bertz CT molecular complexity index is 375. The minimum Gasteiger partial charge on any atom is -0.396 e. The molecule has 0 radical (unpaired) electrons. The maximum atomic E-state index is 10.7. The molecule has 0 aliphatic heterocycles. The smallest absolute Gasteiger partial charge is 0.150 e. The molecule has 0 bridgehead atoms. The molecule has 1 rings (SSSR count). The summed E-state index contributed by atoms with van der Waals surface area (Å²) in [6, 6.07) is 7.60. The Hall–Kier alpha value is -0.690. The van der Waals surface area contributed by atoms with E-state index in [-0.39, 0.29) is 13.2 Å². The number of hydrogen-bond donors (Lipinski definition) is 2. The molecule has 0 amide bonds. The van der Waals surface area contributed by atoms with Crippen molar-refractivity contribution in [2.45, 2.75) is 0 Å². The molecule has 1 aromatic rings. The van der Waals surface area contributed by atoms with Gasteiger partial charge in [-0.3, -0.25) is 4.79 Å². The van der Waals surface area contributed by atoms with Crippen molar-refractivity contribution in [1.82, 2.24) is 0 Å². The van der Waals surface area contributed by atoms with Crippen LogP contribution in [0.1, 0.15) is 10.4 Å². The molecule has 0 aliphatic carbocycles. The molecule has 0 saturated carbocycles. The molecular formula is C15H23NO3S2. The maximum Gasteiger partial charge on any atom is 0.150 e. The van der Waals surface area contributed by atoms with E-state index in [1.54, 1.807) is 23.5 Å². The first-order valence-electron chi connectivity index (χ1n) is 6.99. The summed E-state index contributed by atoms with van der Waals surface area (Å²) in [6.45, 7) is 2.24. The summed E-state index contributed by atoms with van der Waals surface area (Å²) in [6.07, 6.45) is 0.850. The van der Waals surface area contributed by atoms with Gasteiger partial charge in [0.05, 0.1) is 13.2 Å². The van der Waals surface area contributed by atoms with Crippen LogP contribution in [0.5, 0.6) is 0 Å². The Morgan fingerprint density at radius 3 is 1.86 bits per heavy atom. The third-order valence-electron chi connectivity index (χ3n) is 2.88. The van der Waals surface area contributed by atoms with Crippen LogP contribution in [0.3, 0.4) is 0 Å². The monoisotopic (exact) mass is 329 g/mol. The first-order chi connectivity index (χ1) is 10.3. The van der Waals surface area contributed by atoms with Crippen molar-refractivity contribution >= 4 is 35.5 Å². The second-order valence-electron chi connectivity index (χ2n) is 4.37. The summed E-state index contributed by atoms with van der Waals surface area (Å²) >= 11 is 3.47. The molecule has 0 unspecified atom stereocenters. The number of rotatable bonds is 12. The van der Waals surface area contributed by atoms with E-state index in [0.717, 1.165) is 48.1 Å². The van der Waals surface area contributed by atoms with E-state index < -0.39 is 0 Å². The summed E-state index contributed by atoms with van der Waals surface area (Å²) in [4.78, 5) is 13.0. The van der Waals surface area contributed by atoms with Crippen LogP contribution < -0.4 is 4.90 Å². The number of hydrogen-bond acceptors (Lipinski definition) is 6. The van der Waals surface area contributed by atoms with Crippen molar-refractivity contribution in [2.24, 2.45) is 0 Å². The molecule has 118 valence electrons. The number of benzene rings is 1. The Morgan fingerprint density at radius 1 is 0.905 bits per heavy atom. The number of aldehydes is 1. The number of nitrogens with zero attached hydrogens (tertiary/aromatic N) is 1. The van der Waals surface area contributed by atoms with Crippen LogP contribution in [0.2, 0.25) is 0 Å². The average Bonchev–Trinajstić information content (AvgIpc) is 2.53. The largest absolute Gasteiger partial charge is 0.396 e. The SMILES string of the molecule is O=Cc1ccc(N(CCSCCO)CCSCCO)cc1. The van der Waals surface area contributed by atoms with Gasteiger partial charge in [-0.25, -0.2) is 0 Å². The minimum absolute atomic E-state index is 0.213. The zero-order valence-corrected chi connectivity index (χ0v) is 13.7. The third kappa shape index (κ3) is 7.76. The molecule has 0 atom stereocenters. The summed E-state index contributed by atoms with van der Waals surface area (Å²) in [5.74, 6) is 3.44. The van der Waals surface area contributed by atoms with E-state index in [4.69, 9.17) is 10.2 Å². The molecule has 0 spiro atoms. The molecule has 1 aromatic carbocycles. The van der Waals surface area contributed by atoms with Crippen molar-refractivity contribution < 1.29 is 15.0 Å². The topological polar surface area (TPSA) is 60.8 Å². The fourth-order valence-corrected chi connectivity index (χ4v) is 3.18. The van der Waals surface area contributed by atoms with Gasteiger partial charge in [0.25, 0.3) is 0 Å². The van der Waals surface area contributed by atoms with Crippen LogP contribution >= 0.6 is 23.5 Å². The zero-order chi connectivity index (χ0) is 15.3. The van der Waals surface area contributed by atoms with Gasteiger partial charge in [-0.15, -0.1) is 0 Å². The molecule has 0 fully saturated rings. The first kappa shape index (κ1) is 18.4. The van der Waals surface area contributed by atoms with Gasteiger partial charge in [-0.2, -0.15) is 23.5 Å². The lowest BCUT2D eigenvalue weighted by Crippen LogP contribution is -2.28. The fourth-order valence-electron chi connectivity index (χ4n) is 1.82. The second-order valence-corrected chi connectivity index (χ2v) is 6.82. The van der Waals surface area contributed by atoms with Crippen molar-refractivity contribution in [3.63, 3.8) is 0 Å². The van der Waals surface area contributed by atoms with Crippen molar-refractivity contribution in [1.29, 1.82) is 0 Å². The molecule has 0 aliphatic rings. The van der Waals surface area contributed by atoms with Crippen LogP contribution in [0, 0.1) is 0 Å². The van der Waals surface area contributed by atoms with Gasteiger partial charge < -0.3 is 15.1 Å². The van der Waals surface area contributed by atoms with Crippen molar-refractivity contribution in [3.05, 3.63) is 29.8 Å². The highest BCUT2D eigenvalue weighted by Gasteiger charge is 2.06. The molecule has 6 heteroatoms. The van der Waals surface area contributed by atoms with Gasteiger partial charge >= 0.3 is 0 Å². The van der Waals surface area contributed by atoms with E-state index in [0.29, 0.717) is 5.56 Å². The maximum absolute atomic E-state index is 10.7. The number of aliphatic hydroxyl groups excluding tert-OH is 2. The molecular weight excluding hydrogens is 306 g/mol. The summed E-state index contributed by atoms with van der Waals surface area (Å²) in [5, 5.41) is 17.6. The number of thioether (sulfide) groups is 2. The number of carbonyl (C=O) groups excluding carboxylic acids is 1. The van der Waals surface area contributed by atoms with E-state index >= 15 is 0 Å². The van der Waals surface area contributed by atoms with Crippen LogP contribution in [-0.4, -0.2) is 65.8 Å². The Morgan fingerprint density at radius 2 is 1.43 bits per heavy atom. The lowest BCUT2D eigenvalue weighted by molar-refractivity contribution is 0.112. The lowest BCUT2D eigenvalue weighted by Gasteiger charge is -2.24. The van der Waals surface area contributed by atoms with Gasteiger partial charge in [0.2, 0.25) is 0 Å². The van der Waals surface area contributed by atoms with E-state index in [9.17, 15) is 4.79 Å². The highest BCUT2D eigenvalue weighted by molar-refractivity contribution is 7.99. The molecule has 0 heterocycles. The number of anilines is 1. The van der Waals surface area contributed by atoms with Gasteiger partial charge in [0.1, 0.15) is 6.29 Å². The Labute approximate surface area is 134 Å². The Kier molecular flexibility index (Phi) is 10.4. The third-order valence-corrected chi connectivity index (χ3v) is 4.76. The molecule has 2 N–H and O–H groups in total. The normalized spacial score (nSPS) is 10.6. The molecule has 4 nitrogen and oxygen atoms in total. The van der Waals surface area contributed by atoms with Crippen molar-refractivity contribution in [2.75, 3.05) is 54.2 Å². The van der Waals surface area contributed by atoms with Gasteiger partial charge in [0.15, 0.2) is 0 Å². The van der Waals surface area contributed by atoms with E-state index in [1.165, 1.54) is 0 Å². The van der Waals surface area contributed by atoms with E-state index in [2.05, 4.69) is 4.90 Å².